The smallest absolute Gasteiger partial charge is 0.276 e. The average molecular weight is 312 g/mol. The van der Waals surface area contributed by atoms with Crippen molar-refractivity contribution in [2.24, 2.45) is 0 Å². The summed E-state index contributed by atoms with van der Waals surface area (Å²) in [6.45, 7) is 0.734. The molecule has 1 fully saturated rings. The maximum absolute atomic E-state index is 12.5. The van der Waals surface area contributed by atoms with Gasteiger partial charge in [0.25, 0.3) is 5.91 Å². The van der Waals surface area contributed by atoms with Crippen molar-refractivity contribution >= 4 is 5.91 Å². The highest BCUT2D eigenvalue weighted by atomic mass is 16.2. The molecule has 1 heterocycles. The van der Waals surface area contributed by atoms with E-state index in [0.29, 0.717) is 11.7 Å². The average Bonchev–Trinajstić information content (AvgIpc) is 3.09. The monoisotopic (exact) mass is 312 g/mol. The minimum absolute atomic E-state index is 0.0112. The molecular formula is C18H24N4O. The molecule has 23 heavy (non-hydrogen) atoms. The van der Waals surface area contributed by atoms with Gasteiger partial charge < -0.3 is 4.90 Å². The highest BCUT2D eigenvalue weighted by molar-refractivity contribution is 5.91. The lowest BCUT2D eigenvalue weighted by atomic mass is 9.94. The number of aryl methyl sites for hydroxylation is 2. The van der Waals surface area contributed by atoms with E-state index in [0.717, 1.165) is 25.8 Å². The maximum Gasteiger partial charge on any atom is 0.276 e. The molecule has 5 nitrogen and oxygen atoms in total. The van der Waals surface area contributed by atoms with Crippen LogP contribution in [0, 0.1) is 0 Å². The first-order chi connectivity index (χ1) is 11.2. The van der Waals surface area contributed by atoms with Gasteiger partial charge in [0.05, 0.1) is 6.20 Å². The highest BCUT2D eigenvalue weighted by Crippen LogP contribution is 2.22. The van der Waals surface area contributed by atoms with Gasteiger partial charge in [-0.15, -0.1) is 5.10 Å². The van der Waals surface area contributed by atoms with Crippen LogP contribution in [0.15, 0.2) is 36.5 Å². The van der Waals surface area contributed by atoms with Gasteiger partial charge in [-0.1, -0.05) is 54.8 Å². The van der Waals surface area contributed by atoms with Crippen LogP contribution < -0.4 is 0 Å². The summed E-state index contributed by atoms with van der Waals surface area (Å²) in [5.41, 5.74) is 1.71. The fraction of sp³-hybridized carbons (Fsp3) is 0.500. The molecule has 2 aromatic rings. The van der Waals surface area contributed by atoms with E-state index in [1.165, 1.54) is 24.8 Å². The summed E-state index contributed by atoms with van der Waals surface area (Å²) >= 11 is 0. The van der Waals surface area contributed by atoms with E-state index in [-0.39, 0.29) is 5.91 Å². The molecule has 0 N–H and O–H groups in total. The summed E-state index contributed by atoms with van der Waals surface area (Å²) < 4.78 is 1.76. The fourth-order valence-corrected chi connectivity index (χ4v) is 3.21. The molecule has 122 valence electrons. The molecule has 1 saturated carbocycles. The van der Waals surface area contributed by atoms with Crippen molar-refractivity contribution in [2.45, 2.75) is 51.1 Å². The summed E-state index contributed by atoms with van der Waals surface area (Å²) in [6.07, 6.45) is 8.57. The van der Waals surface area contributed by atoms with Crippen LogP contribution in [0.3, 0.4) is 0 Å². The van der Waals surface area contributed by atoms with E-state index in [9.17, 15) is 4.79 Å². The predicted molar refractivity (Wildman–Crippen MR) is 89.1 cm³/mol. The number of carbonyl (C=O) groups is 1. The quantitative estimate of drug-likeness (QED) is 0.853. The van der Waals surface area contributed by atoms with Crippen molar-refractivity contribution in [1.82, 2.24) is 19.9 Å². The van der Waals surface area contributed by atoms with Crippen LogP contribution in [0.25, 0.3) is 0 Å². The predicted octanol–water partition coefficient (Wildman–Crippen LogP) is 2.93. The molecule has 0 aliphatic heterocycles. The molecule has 1 aliphatic rings. The molecule has 0 spiro atoms. The van der Waals surface area contributed by atoms with Gasteiger partial charge in [0.2, 0.25) is 0 Å². The van der Waals surface area contributed by atoms with Crippen LogP contribution >= 0.6 is 0 Å². The maximum atomic E-state index is 12.5. The summed E-state index contributed by atoms with van der Waals surface area (Å²) in [6, 6.07) is 10.6. The first kappa shape index (κ1) is 15.7. The number of aromatic nitrogens is 3. The van der Waals surface area contributed by atoms with E-state index >= 15 is 0 Å². The third kappa shape index (κ3) is 3.97. The van der Waals surface area contributed by atoms with Gasteiger partial charge in [0.15, 0.2) is 5.69 Å². The third-order valence-electron chi connectivity index (χ3n) is 4.67. The lowest BCUT2D eigenvalue weighted by molar-refractivity contribution is 0.0690. The second-order valence-electron chi connectivity index (χ2n) is 6.31. The van der Waals surface area contributed by atoms with E-state index in [2.05, 4.69) is 22.4 Å². The van der Waals surface area contributed by atoms with Crippen molar-refractivity contribution in [3.8, 4) is 0 Å². The summed E-state index contributed by atoms with van der Waals surface area (Å²) in [5.74, 6) is -0.0112. The van der Waals surface area contributed by atoms with E-state index in [1.54, 1.807) is 10.9 Å². The number of hydrogen-bond donors (Lipinski definition) is 0. The standard InChI is InChI=1S/C18H24N4O/c1-21(16-10-6-3-7-11-16)18(23)17-14-22(20-19-17)13-12-15-8-4-2-5-9-15/h2,4-5,8-9,14,16H,3,6-7,10-13H2,1H3. The Hall–Kier alpha value is -2.17. The Morgan fingerprint density at radius 2 is 1.96 bits per heavy atom. The Labute approximate surface area is 137 Å². The summed E-state index contributed by atoms with van der Waals surface area (Å²) in [4.78, 5) is 14.4. The normalized spacial score (nSPS) is 15.5. The molecule has 3 rings (SSSR count). The first-order valence-electron chi connectivity index (χ1n) is 8.45. The van der Waals surface area contributed by atoms with Crippen molar-refractivity contribution in [3.05, 3.63) is 47.8 Å². The minimum atomic E-state index is -0.0112. The van der Waals surface area contributed by atoms with Crippen LogP contribution in [0.1, 0.15) is 48.2 Å². The second kappa shape index (κ2) is 7.40. The van der Waals surface area contributed by atoms with E-state index in [4.69, 9.17) is 0 Å². The van der Waals surface area contributed by atoms with Gasteiger partial charge in [-0.25, -0.2) is 0 Å². The molecule has 0 bridgehead atoms. The lowest BCUT2D eigenvalue weighted by Crippen LogP contribution is -2.38. The SMILES string of the molecule is CN(C(=O)c1cn(CCc2ccccc2)nn1)C1CCCCC1. The van der Waals surface area contributed by atoms with Gasteiger partial charge in [-0.3, -0.25) is 9.48 Å². The van der Waals surface area contributed by atoms with Gasteiger partial charge in [-0.05, 0) is 24.8 Å². The topological polar surface area (TPSA) is 51.0 Å². The minimum Gasteiger partial charge on any atom is -0.337 e. The Bertz CT molecular complexity index is 631. The zero-order valence-corrected chi connectivity index (χ0v) is 13.7. The molecule has 5 heteroatoms. The van der Waals surface area contributed by atoms with E-state index < -0.39 is 0 Å². The highest BCUT2D eigenvalue weighted by Gasteiger charge is 2.24. The van der Waals surface area contributed by atoms with Crippen LogP contribution in [-0.4, -0.2) is 38.9 Å². The molecule has 1 aromatic heterocycles. The second-order valence-corrected chi connectivity index (χ2v) is 6.31. The number of carbonyl (C=O) groups excluding carboxylic acids is 1. The van der Waals surface area contributed by atoms with Gasteiger partial charge in [0, 0.05) is 19.6 Å². The van der Waals surface area contributed by atoms with Crippen LogP contribution in [0.2, 0.25) is 0 Å². The van der Waals surface area contributed by atoms with E-state index in [1.807, 2.05) is 30.1 Å². The Kier molecular flexibility index (Phi) is 5.05. The summed E-state index contributed by atoms with van der Waals surface area (Å²) in [7, 11) is 1.89. The number of benzene rings is 1. The molecule has 0 saturated heterocycles. The van der Waals surface area contributed by atoms with Crippen molar-refractivity contribution in [2.75, 3.05) is 7.05 Å². The molecular weight excluding hydrogens is 288 g/mol. The van der Waals surface area contributed by atoms with Gasteiger partial charge in [-0.2, -0.15) is 0 Å². The third-order valence-corrected chi connectivity index (χ3v) is 4.67. The first-order valence-corrected chi connectivity index (χ1v) is 8.45. The Morgan fingerprint density at radius 3 is 2.70 bits per heavy atom. The lowest BCUT2D eigenvalue weighted by Gasteiger charge is -2.30. The molecule has 1 amide bonds. The Morgan fingerprint density at radius 1 is 1.22 bits per heavy atom. The largest absolute Gasteiger partial charge is 0.337 e. The van der Waals surface area contributed by atoms with Gasteiger partial charge in [0.1, 0.15) is 0 Å². The molecule has 0 unspecified atom stereocenters. The number of hydrogen-bond acceptors (Lipinski definition) is 3. The zero-order chi connectivity index (χ0) is 16.1. The van der Waals surface area contributed by atoms with Crippen molar-refractivity contribution in [3.63, 3.8) is 0 Å². The molecule has 1 aromatic carbocycles. The molecule has 1 aliphatic carbocycles. The van der Waals surface area contributed by atoms with Crippen LogP contribution in [0.5, 0.6) is 0 Å². The number of amides is 1. The fourth-order valence-electron chi connectivity index (χ4n) is 3.21. The zero-order valence-electron chi connectivity index (χ0n) is 13.7. The van der Waals surface area contributed by atoms with Crippen molar-refractivity contribution in [1.29, 1.82) is 0 Å². The van der Waals surface area contributed by atoms with Crippen molar-refractivity contribution < 1.29 is 4.79 Å². The van der Waals surface area contributed by atoms with Gasteiger partial charge >= 0.3 is 0 Å². The summed E-state index contributed by atoms with van der Waals surface area (Å²) in [5, 5.41) is 8.17. The number of rotatable bonds is 5. The van der Waals surface area contributed by atoms with Crippen LogP contribution in [-0.2, 0) is 13.0 Å². The molecule has 0 radical (unpaired) electrons. The molecule has 0 atom stereocenters. The Balaban J connectivity index is 1.58. The number of nitrogens with zero attached hydrogens (tertiary/aromatic N) is 4. The van der Waals surface area contributed by atoms with Crippen LogP contribution in [0.4, 0.5) is 0 Å².